The molecule has 3 nitrogen and oxygen atoms in total. The summed E-state index contributed by atoms with van der Waals surface area (Å²) in [5.74, 6) is 2.50. The molecule has 1 N–H and O–H groups in total. The first kappa shape index (κ1) is 15.1. The smallest absolute Gasteiger partial charge is 0.140 e. The van der Waals surface area contributed by atoms with E-state index in [0.717, 1.165) is 26.4 Å². The van der Waals surface area contributed by atoms with Crippen LogP contribution in [0.1, 0.15) is 18.5 Å². The second kappa shape index (κ2) is 6.95. The normalized spacial score (nSPS) is 12.0. The number of ether oxygens (including phenoxy) is 2. The lowest BCUT2D eigenvalue weighted by atomic mass is 10.1. The van der Waals surface area contributed by atoms with Crippen molar-refractivity contribution in [3.05, 3.63) is 51.6 Å². The van der Waals surface area contributed by atoms with Crippen LogP contribution in [0.4, 0.5) is 0 Å². The van der Waals surface area contributed by atoms with Crippen molar-refractivity contribution in [2.45, 2.75) is 13.0 Å². The minimum absolute atomic E-state index is 0.141. The topological polar surface area (TPSA) is 30.5 Å². The zero-order valence-corrected chi connectivity index (χ0v) is 14.0. The minimum atomic E-state index is 0.141. The number of hydrogen-bond donors (Lipinski definition) is 1. The summed E-state index contributed by atoms with van der Waals surface area (Å²) < 4.78 is 12.6. The standard InChI is InChI=1S/C16H18INO2/c1-11(18-2)16-14(19-3)9-6-10-15(16)20-13-8-5-4-7-12(13)17/h4-11,18H,1-3H3. The number of benzene rings is 2. The number of para-hydroxylation sites is 1. The Morgan fingerprint density at radius 2 is 1.65 bits per heavy atom. The monoisotopic (exact) mass is 383 g/mol. The molecule has 0 fully saturated rings. The van der Waals surface area contributed by atoms with Crippen LogP contribution in [0.2, 0.25) is 0 Å². The number of halogens is 1. The van der Waals surface area contributed by atoms with Gasteiger partial charge in [0.1, 0.15) is 17.2 Å². The van der Waals surface area contributed by atoms with Gasteiger partial charge in [-0.1, -0.05) is 18.2 Å². The molecule has 0 bridgehead atoms. The third-order valence-electron chi connectivity index (χ3n) is 3.17. The van der Waals surface area contributed by atoms with E-state index in [9.17, 15) is 0 Å². The molecule has 4 heteroatoms. The Labute approximate surface area is 133 Å². The van der Waals surface area contributed by atoms with Crippen LogP contribution in [0.5, 0.6) is 17.2 Å². The van der Waals surface area contributed by atoms with E-state index in [1.54, 1.807) is 7.11 Å². The van der Waals surface area contributed by atoms with Crippen molar-refractivity contribution in [2.75, 3.05) is 14.2 Å². The van der Waals surface area contributed by atoms with Crippen LogP contribution in [-0.4, -0.2) is 14.2 Å². The van der Waals surface area contributed by atoms with E-state index in [1.807, 2.05) is 49.5 Å². The van der Waals surface area contributed by atoms with E-state index in [2.05, 4.69) is 34.8 Å². The van der Waals surface area contributed by atoms with Gasteiger partial charge in [0.2, 0.25) is 0 Å². The van der Waals surface area contributed by atoms with Gasteiger partial charge in [0.15, 0.2) is 0 Å². The summed E-state index contributed by atoms with van der Waals surface area (Å²) in [6.07, 6.45) is 0. The van der Waals surface area contributed by atoms with Crippen molar-refractivity contribution in [2.24, 2.45) is 0 Å². The molecular formula is C16H18INO2. The molecule has 2 aromatic rings. The molecule has 2 rings (SSSR count). The fourth-order valence-corrected chi connectivity index (χ4v) is 2.51. The van der Waals surface area contributed by atoms with E-state index in [-0.39, 0.29) is 6.04 Å². The predicted octanol–water partition coefficient (Wildman–Crippen LogP) is 4.37. The second-order valence-corrected chi connectivity index (χ2v) is 5.58. The summed E-state index contributed by atoms with van der Waals surface area (Å²) in [6, 6.07) is 14.0. The number of methoxy groups -OCH3 is 1. The Morgan fingerprint density at radius 3 is 2.30 bits per heavy atom. The van der Waals surface area contributed by atoms with Crippen molar-refractivity contribution in [1.82, 2.24) is 5.32 Å². The van der Waals surface area contributed by atoms with Crippen molar-refractivity contribution in [3.8, 4) is 17.2 Å². The van der Waals surface area contributed by atoms with Gasteiger partial charge < -0.3 is 14.8 Å². The third-order valence-corrected chi connectivity index (χ3v) is 4.06. The first-order valence-corrected chi connectivity index (χ1v) is 7.51. The van der Waals surface area contributed by atoms with Crippen molar-refractivity contribution < 1.29 is 9.47 Å². The Morgan fingerprint density at radius 1 is 1.00 bits per heavy atom. The molecule has 0 radical (unpaired) electrons. The highest BCUT2D eigenvalue weighted by Crippen LogP contribution is 2.37. The largest absolute Gasteiger partial charge is 0.496 e. The van der Waals surface area contributed by atoms with Gasteiger partial charge in [-0.05, 0) is 60.8 Å². The molecule has 2 aromatic carbocycles. The molecule has 0 aliphatic heterocycles. The fourth-order valence-electron chi connectivity index (χ4n) is 2.01. The zero-order valence-electron chi connectivity index (χ0n) is 11.8. The molecule has 106 valence electrons. The molecule has 1 atom stereocenters. The lowest BCUT2D eigenvalue weighted by Gasteiger charge is -2.19. The summed E-state index contributed by atoms with van der Waals surface area (Å²) in [4.78, 5) is 0. The maximum Gasteiger partial charge on any atom is 0.140 e. The summed E-state index contributed by atoms with van der Waals surface area (Å²) in [7, 11) is 3.60. The van der Waals surface area contributed by atoms with Crippen LogP contribution in [0.15, 0.2) is 42.5 Å². The summed E-state index contributed by atoms with van der Waals surface area (Å²) in [5.41, 5.74) is 1.03. The molecule has 20 heavy (non-hydrogen) atoms. The quantitative estimate of drug-likeness (QED) is 0.778. The van der Waals surface area contributed by atoms with E-state index < -0.39 is 0 Å². The Balaban J connectivity index is 2.43. The summed E-state index contributed by atoms with van der Waals surface area (Å²) in [6.45, 7) is 2.08. The van der Waals surface area contributed by atoms with Gasteiger partial charge in [0.05, 0.1) is 16.2 Å². The third kappa shape index (κ3) is 3.24. The molecule has 0 aliphatic rings. The average molecular weight is 383 g/mol. The molecule has 1 unspecified atom stereocenters. The van der Waals surface area contributed by atoms with Crippen LogP contribution in [0.25, 0.3) is 0 Å². The first-order chi connectivity index (χ1) is 9.67. The van der Waals surface area contributed by atoms with Crippen LogP contribution in [0, 0.1) is 3.57 Å². The van der Waals surface area contributed by atoms with Gasteiger partial charge in [-0.25, -0.2) is 0 Å². The molecule has 0 heterocycles. The first-order valence-electron chi connectivity index (χ1n) is 6.44. The molecule has 0 spiro atoms. The molecule has 0 saturated heterocycles. The SMILES string of the molecule is CNC(C)c1c(OC)cccc1Oc1ccccc1I. The Bertz CT molecular complexity index is 586. The lowest BCUT2D eigenvalue weighted by Crippen LogP contribution is -2.14. The van der Waals surface area contributed by atoms with Crippen molar-refractivity contribution in [1.29, 1.82) is 0 Å². The van der Waals surface area contributed by atoms with Crippen LogP contribution in [-0.2, 0) is 0 Å². The van der Waals surface area contributed by atoms with Crippen LogP contribution >= 0.6 is 22.6 Å². The fraction of sp³-hybridized carbons (Fsp3) is 0.250. The molecule has 0 aromatic heterocycles. The highest BCUT2D eigenvalue weighted by molar-refractivity contribution is 14.1. The molecule has 0 amide bonds. The molecular weight excluding hydrogens is 365 g/mol. The van der Waals surface area contributed by atoms with Crippen LogP contribution in [0.3, 0.4) is 0 Å². The van der Waals surface area contributed by atoms with Crippen molar-refractivity contribution >= 4 is 22.6 Å². The summed E-state index contributed by atoms with van der Waals surface area (Å²) >= 11 is 2.27. The minimum Gasteiger partial charge on any atom is -0.496 e. The number of rotatable bonds is 5. The van der Waals surface area contributed by atoms with Gasteiger partial charge in [0, 0.05) is 6.04 Å². The van der Waals surface area contributed by atoms with Gasteiger partial charge in [-0.3, -0.25) is 0 Å². The highest BCUT2D eigenvalue weighted by Gasteiger charge is 2.17. The van der Waals surface area contributed by atoms with Gasteiger partial charge in [-0.15, -0.1) is 0 Å². The van der Waals surface area contributed by atoms with Gasteiger partial charge >= 0.3 is 0 Å². The number of hydrogen-bond acceptors (Lipinski definition) is 3. The highest BCUT2D eigenvalue weighted by atomic mass is 127. The maximum absolute atomic E-state index is 6.08. The van der Waals surface area contributed by atoms with E-state index in [0.29, 0.717) is 0 Å². The number of nitrogens with one attached hydrogen (secondary N) is 1. The van der Waals surface area contributed by atoms with E-state index in [4.69, 9.17) is 9.47 Å². The van der Waals surface area contributed by atoms with Crippen LogP contribution < -0.4 is 14.8 Å². The van der Waals surface area contributed by atoms with Crippen molar-refractivity contribution in [3.63, 3.8) is 0 Å². The maximum atomic E-state index is 6.08. The second-order valence-electron chi connectivity index (χ2n) is 4.41. The lowest BCUT2D eigenvalue weighted by molar-refractivity contribution is 0.393. The van der Waals surface area contributed by atoms with E-state index >= 15 is 0 Å². The predicted molar refractivity (Wildman–Crippen MR) is 89.7 cm³/mol. The zero-order chi connectivity index (χ0) is 14.5. The Kier molecular flexibility index (Phi) is 5.25. The summed E-state index contributed by atoms with van der Waals surface area (Å²) in [5, 5.41) is 3.23. The molecule has 0 aliphatic carbocycles. The van der Waals surface area contributed by atoms with Gasteiger partial charge in [0.25, 0.3) is 0 Å². The van der Waals surface area contributed by atoms with Gasteiger partial charge in [-0.2, -0.15) is 0 Å². The Hall–Kier alpha value is -1.27. The van der Waals surface area contributed by atoms with E-state index in [1.165, 1.54) is 0 Å². The average Bonchev–Trinajstić information content (AvgIpc) is 2.48. The molecule has 0 saturated carbocycles.